The molecule has 0 aliphatic heterocycles. The van der Waals surface area contributed by atoms with Crippen molar-refractivity contribution in [2.24, 2.45) is 5.41 Å². The summed E-state index contributed by atoms with van der Waals surface area (Å²) < 4.78 is 11.8. The van der Waals surface area contributed by atoms with Crippen molar-refractivity contribution in [2.75, 3.05) is 13.2 Å². The van der Waals surface area contributed by atoms with Gasteiger partial charge in [0, 0.05) is 5.41 Å². The van der Waals surface area contributed by atoms with Crippen LogP contribution in [0.15, 0.2) is 73.3 Å². The highest BCUT2D eigenvalue weighted by Gasteiger charge is 2.23. The molecule has 2 nitrogen and oxygen atoms in total. The molecule has 0 radical (unpaired) electrons. The number of allylic oxidation sites excluding steroid dienone is 1. The van der Waals surface area contributed by atoms with Crippen LogP contribution in [0.3, 0.4) is 0 Å². The van der Waals surface area contributed by atoms with Crippen molar-refractivity contribution >= 4 is 0 Å². The van der Waals surface area contributed by atoms with Gasteiger partial charge in [-0.15, -0.1) is 6.58 Å². The minimum absolute atomic E-state index is 0.0503. The van der Waals surface area contributed by atoms with Gasteiger partial charge < -0.3 is 9.47 Å². The zero-order valence-corrected chi connectivity index (χ0v) is 13.9. The summed E-state index contributed by atoms with van der Waals surface area (Å²) in [7, 11) is 0. The largest absolute Gasteiger partial charge is 0.376 e. The van der Waals surface area contributed by atoms with E-state index in [9.17, 15) is 0 Å². The van der Waals surface area contributed by atoms with Gasteiger partial charge in [-0.05, 0) is 17.5 Å². The Morgan fingerprint density at radius 1 is 0.826 bits per heavy atom. The maximum Gasteiger partial charge on any atom is 0.0717 e. The molecule has 0 saturated carbocycles. The van der Waals surface area contributed by atoms with E-state index in [2.05, 4.69) is 37.8 Å². The summed E-state index contributed by atoms with van der Waals surface area (Å²) in [4.78, 5) is 0. The van der Waals surface area contributed by atoms with Crippen molar-refractivity contribution in [3.05, 3.63) is 84.4 Å². The summed E-state index contributed by atoms with van der Waals surface area (Å²) in [5.74, 6) is 0. The van der Waals surface area contributed by atoms with Crippen LogP contribution in [0.2, 0.25) is 0 Å². The van der Waals surface area contributed by atoms with Crippen LogP contribution in [0.5, 0.6) is 0 Å². The van der Waals surface area contributed by atoms with E-state index in [1.807, 2.05) is 42.5 Å². The summed E-state index contributed by atoms with van der Waals surface area (Å²) in [6, 6.07) is 20.5. The lowest BCUT2D eigenvalue weighted by molar-refractivity contribution is -0.0221. The second-order valence-electron chi connectivity index (χ2n) is 6.26. The van der Waals surface area contributed by atoms with E-state index in [0.29, 0.717) is 26.4 Å². The van der Waals surface area contributed by atoms with Gasteiger partial charge in [-0.1, -0.05) is 73.7 Å². The Kier molecular flexibility index (Phi) is 7.05. The first-order chi connectivity index (χ1) is 11.2. The molecule has 2 rings (SSSR count). The third-order valence-corrected chi connectivity index (χ3v) is 3.76. The van der Waals surface area contributed by atoms with Crippen molar-refractivity contribution < 1.29 is 9.47 Å². The zero-order valence-electron chi connectivity index (χ0n) is 13.9. The lowest BCUT2D eigenvalue weighted by atomic mass is 9.89. The molecule has 0 spiro atoms. The van der Waals surface area contributed by atoms with E-state index in [1.54, 1.807) is 0 Å². The predicted octanol–water partition coefficient (Wildman–Crippen LogP) is 5.00. The summed E-state index contributed by atoms with van der Waals surface area (Å²) in [6.45, 7) is 8.63. The highest BCUT2D eigenvalue weighted by Crippen LogP contribution is 2.24. The summed E-state index contributed by atoms with van der Waals surface area (Å²) in [5.41, 5.74) is 2.34. The number of benzene rings is 2. The third-order valence-electron chi connectivity index (χ3n) is 3.76. The smallest absolute Gasteiger partial charge is 0.0717 e. The number of hydrogen-bond donors (Lipinski definition) is 0. The molecule has 2 aromatic rings. The van der Waals surface area contributed by atoms with Gasteiger partial charge in [0.1, 0.15) is 0 Å². The van der Waals surface area contributed by atoms with Crippen LogP contribution >= 0.6 is 0 Å². The molecule has 0 aromatic heterocycles. The average Bonchev–Trinajstić information content (AvgIpc) is 2.57. The quantitative estimate of drug-likeness (QED) is 0.575. The Bertz CT molecular complexity index is 517. The first-order valence-corrected chi connectivity index (χ1v) is 8.06. The molecule has 0 saturated heterocycles. The van der Waals surface area contributed by atoms with E-state index in [4.69, 9.17) is 9.47 Å². The van der Waals surface area contributed by atoms with E-state index in [-0.39, 0.29) is 5.41 Å². The highest BCUT2D eigenvalue weighted by atomic mass is 16.5. The average molecular weight is 310 g/mol. The van der Waals surface area contributed by atoms with Gasteiger partial charge in [0.15, 0.2) is 0 Å². The number of ether oxygens (including phenoxy) is 2. The molecule has 0 fully saturated rings. The van der Waals surface area contributed by atoms with Gasteiger partial charge in [0.25, 0.3) is 0 Å². The van der Waals surface area contributed by atoms with Crippen molar-refractivity contribution in [3.8, 4) is 0 Å². The Hall–Kier alpha value is -1.90. The molecule has 0 N–H and O–H groups in total. The van der Waals surface area contributed by atoms with Crippen molar-refractivity contribution in [2.45, 2.75) is 26.6 Å². The molecule has 0 unspecified atom stereocenters. The molecule has 0 aliphatic carbocycles. The fourth-order valence-electron chi connectivity index (χ4n) is 2.49. The lowest BCUT2D eigenvalue weighted by Crippen LogP contribution is -2.28. The zero-order chi connectivity index (χ0) is 16.4. The molecule has 2 aromatic carbocycles. The Labute approximate surface area is 139 Å². The SMILES string of the molecule is C=CCC(C)(COCc1ccccc1)COCc1ccccc1. The summed E-state index contributed by atoms with van der Waals surface area (Å²) >= 11 is 0. The van der Waals surface area contributed by atoms with Crippen LogP contribution in [0.4, 0.5) is 0 Å². The van der Waals surface area contributed by atoms with Crippen molar-refractivity contribution in [1.82, 2.24) is 0 Å². The molecule has 0 atom stereocenters. The highest BCUT2D eigenvalue weighted by molar-refractivity contribution is 5.14. The third kappa shape index (κ3) is 6.39. The second-order valence-corrected chi connectivity index (χ2v) is 6.26. The van der Waals surface area contributed by atoms with Crippen LogP contribution < -0.4 is 0 Å². The molecule has 0 amide bonds. The Morgan fingerprint density at radius 2 is 1.26 bits per heavy atom. The molecular formula is C21H26O2. The van der Waals surface area contributed by atoms with Gasteiger partial charge in [-0.2, -0.15) is 0 Å². The predicted molar refractivity (Wildman–Crippen MR) is 95.1 cm³/mol. The maximum atomic E-state index is 5.91. The lowest BCUT2D eigenvalue weighted by Gasteiger charge is -2.28. The fourth-order valence-corrected chi connectivity index (χ4v) is 2.49. The van der Waals surface area contributed by atoms with Gasteiger partial charge in [0.2, 0.25) is 0 Å². The van der Waals surface area contributed by atoms with E-state index >= 15 is 0 Å². The van der Waals surface area contributed by atoms with Crippen LogP contribution in [-0.2, 0) is 22.7 Å². The van der Waals surface area contributed by atoms with Crippen LogP contribution in [0.25, 0.3) is 0 Å². The van der Waals surface area contributed by atoms with Gasteiger partial charge in [-0.25, -0.2) is 0 Å². The van der Waals surface area contributed by atoms with Crippen LogP contribution in [-0.4, -0.2) is 13.2 Å². The topological polar surface area (TPSA) is 18.5 Å². The van der Waals surface area contributed by atoms with E-state index in [0.717, 1.165) is 6.42 Å². The van der Waals surface area contributed by atoms with Crippen molar-refractivity contribution in [1.29, 1.82) is 0 Å². The normalized spacial score (nSPS) is 11.3. The summed E-state index contributed by atoms with van der Waals surface area (Å²) in [6.07, 6.45) is 2.81. The second kappa shape index (κ2) is 9.29. The minimum atomic E-state index is -0.0503. The first-order valence-electron chi connectivity index (χ1n) is 8.06. The maximum absolute atomic E-state index is 5.91. The van der Waals surface area contributed by atoms with Gasteiger partial charge >= 0.3 is 0 Å². The van der Waals surface area contributed by atoms with Gasteiger partial charge in [0.05, 0.1) is 26.4 Å². The van der Waals surface area contributed by atoms with Crippen molar-refractivity contribution in [3.63, 3.8) is 0 Å². The first kappa shape index (κ1) is 17.5. The minimum Gasteiger partial charge on any atom is -0.376 e. The number of hydrogen-bond acceptors (Lipinski definition) is 2. The standard InChI is InChI=1S/C21H26O2/c1-3-14-21(2,17-22-15-19-10-6-4-7-11-19)18-23-16-20-12-8-5-9-13-20/h3-13H,1,14-18H2,2H3. The van der Waals surface area contributed by atoms with E-state index in [1.165, 1.54) is 11.1 Å². The molecule has 23 heavy (non-hydrogen) atoms. The molecule has 2 heteroatoms. The molecule has 0 aliphatic rings. The Balaban J connectivity index is 1.79. The molecular weight excluding hydrogens is 284 g/mol. The van der Waals surface area contributed by atoms with Gasteiger partial charge in [-0.3, -0.25) is 0 Å². The molecule has 122 valence electrons. The monoisotopic (exact) mass is 310 g/mol. The number of rotatable bonds is 10. The van der Waals surface area contributed by atoms with Crippen LogP contribution in [0, 0.1) is 5.41 Å². The summed E-state index contributed by atoms with van der Waals surface area (Å²) in [5, 5.41) is 0. The molecule has 0 heterocycles. The molecule has 0 bridgehead atoms. The van der Waals surface area contributed by atoms with Crippen LogP contribution in [0.1, 0.15) is 24.5 Å². The Morgan fingerprint density at radius 3 is 1.65 bits per heavy atom. The van der Waals surface area contributed by atoms with E-state index < -0.39 is 0 Å². The fraction of sp³-hybridized carbons (Fsp3) is 0.333.